The van der Waals surface area contributed by atoms with Gasteiger partial charge in [0.15, 0.2) is 0 Å². The van der Waals surface area contributed by atoms with Crippen molar-refractivity contribution in [2.45, 2.75) is 26.0 Å². The Balaban J connectivity index is 2.16. The van der Waals surface area contributed by atoms with E-state index in [0.29, 0.717) is 16.7 Å². The fourth-order valence-electron chi connectivity index (χ4n) is 2.27. The van der Waals surface area contributed by atoms with Crippen molar-refractivity contribution in [3.63, 3.8) is 0 Å². The zero-order valence-corrected chi connectivity index (χ0v) is 13.7. The number of nitrogens with one attached hydrogen (secondary N) is 1. The van der Waals surface area contributed by atoms with Crippen molar-refractivity contribution in [2.24, 2.45) is 0 Å². The monoisotopic (exact) mass is 323 g/mol. The van der Waals surface area contributed by atoms with Gasteiger partial charge in [0.25, 0.3) is 0 Å². The molecule has 0 saturated carbocycles. The first kappa shape index (κ1) is 16.2. The van der Waals surface area contributed by atoms with Crippen LogP contribution in [0, 0.1) is 0 Å². The Morgan fingerprint density at radius 3 is 2.57 bits per heavy atom. The molecule has 0 aliphatic rings. The second-order valence-corrected chi connectivity index (χ2v) is 5.66. The van der Waals surface area contributed by atoms with Crippen LogP contribution < -0.4 is 10.1 Å². The average molecular weight is 324 g/mol. The van der Waals surface area contributed by atoms with Crippen LogP contribution in [-0.4, -0.2) is 7.05 Å². The van der Waals surface area contributed by atoms with E-state index in [1.54, 1.807) is 6.07 Å². The van der Waals surface area contributed by atoms with Gasteiger partial charge in [-0.25, -0.2) is 0 Å². The largest absolute Gasteiger partial charge is 0.489 e. The molecule has 1 N–H and O–H groups in total. The summed E-state index contributed by atoms with van der Waals surface area (Å²) >= 11 is 12.1. The van der Waals surface area contributed by atoms with Gasteiger partial charge in [-0.15, -0.1) is 0 Å². The Labute approximate surface area is 136 Å². The third-order valence-electron chi connectivity index (χ3n) is 3.45. The second kappa shape index (κ2) is 7.69. The van der Waals surface area contributed by atoms with Crippen molar-refractivity contribution in [2.75, 3.05) is 7.05 Å². The van der Waals surface area contributed by atoms with Crippen LogP contribution in [0.4, 0.5) is 0 Å². The van der Waals surface area contributed by atoms with E-state index in [9.17, 15) is 0 Å². The minimum absolute atomic E-state index is 0.280. The van der Waals surface area contributed by atoms with E-state index in [1.165, 1.54) is 0 Å². The van der Waals surface area contributed by atoms with Gasteiger partial charge in [-0.1, -0.05) is 54.4 Å². The highest BCUT2D eigenvalue weighted by Gasteiger charge is 2.12. The van der Waals surface area contributed by atoms with E-state index in [-0.39, 0.29) is 6.04 Å². The smallest absolute Gasteiger partial charge is 0.124 e. The quantitative estimate of drug-likeness (QED) is 0.784. The average Bonchev–Trinajstić information content (AvgIpc) is 2.49. The molecule has 2 aromatic rings. The molecule has 0 spiro atoms. The molecule has 21 heavy (non-hydrogen) atoms. The van der Waals surface area contributed by atoms with Crippen molar-refractivity contribution >= 4 is 23.2 Å². The Hall–Kier alpha value is -1.22. The van der Waals surface area contributed by atoms with Crippen molar-refractivity contribution in [3.05, 3.63) is 63.6 Å². The molecule has 1 atom stereocenters. The van der Waals surface area contributed by atoms with Gasteiger partial charge in [-0.3, -0.25) is 0 Å². The fourth-order valence-corrected chi connectivity index (χ4v) is 2.74. The predicted octanol–water partition coefficient (Wildman–Crippen LogP) is 5.24. The minimum atomic E-state index is 0.280. The minimum Gasteiger partial charge on any atom is -0.489 e. The number of halogens is 2. The highest BCUT2D eigenvalue weighted by molar-refractivity contribution is 6.35. The van der Waals surface area contributed by atoms with E-state index in [4.69, 9.17) is 27.9 Å². The molecule has 0 bridgehead atoms. The molecule has 2 aromatic carbocycles. The van der Waals surface area contributed by atoms with E-state index in [2.05, 4.69) is 18.3 Å². The molecule has 0 saturated heterocycles. The third-order valence-corrected chi connectivity index (χ3v) is 4.04. The number of rotatable bonds is 6. The van der Waals surface area contributed by atoms with Crippen LogP contribution in [0.5, 0.6) is 5.75 Å². The Kier molecular flexibility index (Phi) is 5.92. The van der Waals surface area contributed by atoms with Crippen molar-refractivity contribution in [3.8, 4) is 5.75 Å². The molecule has 0 fully saturated rings. The maximum absolute atomic E-state index is 6.18. The maximum atomic E-state index is 6.18. The van der Waals surface area contributed by atoms with Gasteiger partial charge < -0.3 is 10.1 Å². The summed E-state index contributed by atoms with van der Waals surface area (Å²) in [5.41, 5.74) is 2.08. The number of hydrogen-bond acceptors (Lipinski definition) is 2. The molecule has 4 heteroatoms. The van der Waals surface area contributed by atoms with E-state index >= 15 is 0 Å². The van der Waals surface area contributed by atoms with E-state index in [1.807, 2.05) is 37.4 Å². The summed E-state index contributed by atoms with van der Waals surface area (Å²) in [5.74, 6) is 0.879. The van der Waals surface area contributed by atoms with Gasteiger partial charge in [-0.2, -0.15) is 0 Å². The van der Waals surface area contributed by atoms with E-state index < -0.39 is 0 Å². The van der Waals surface area contributed by atoms with Crippen molar-refractivity contribution < 1.29 is 4.74 Å². The molecule has 0 aromatic heterocycles. The van der Waals surface area contributed by atoms with Crippen LogP contribution in [0.2, 0.25) is 10.0 Å². The molecule has 2 rings (SSSR count). The molecule has 1 unspecified atom stereocenters. The molecular weight excluding hydrogens is 305 g/mol. The van der Waals surface area contributed by atoms with Crippen LogP contribution in [-0.2, 0) is 6.61 Å². The first-order chi connectivity index (χ1) is 10.2. The zero-order chi connectivity index (χ0) is 15.2. The number of benzene rings is 2. The second-order valence-electron chi connectivity index (χ2n) is 4.81. The summed E-state index contributed by atoms with van der Waals surface area (Å²) in [7, 11) is 1.96. The summed E-state index contributed by atoms with van der Waals surface area (Å²) in [4.78, 5) is 0. The van der Waals surface area contributed by atoms with Crippen molar-refractivity contribution in [1.29, 1.82) is 0 Å². The molecule has 0 aliphatic carbocycles. The SMILES string of the molecule is CCC(NC)c1ccccc1OCc1ccc(Cl)cc1Cl. The van der Waals surface area contributed by atoms with Crippen LogP contribution in [0.15, 0.2) is 42.5 Å². The zero-order valence-electron chi connectivity index (χ0n) is 12.2. The molecule has 112 valence electrons. The van der Waals surface area contributed by atoms with Gasteiger partial charge >= 0.3 is 0 Å². The molecule has 0 amide bonds. The Bertz CT molecular complexity index is 597. The first-order valence-electron chi connectivity index (χ1n) is 6.98. The van der Waals surface area contributed by atoms with Crippen LogP contribution >= 0.6 is 23.2 Å². The summed E-state index contributed by atoms with van der Waals surface area (Å²) in [6.45, 7) is 2.57. The molecular formula is C17H19Cl2NO. The van der Waals surface area contributed by atoms with Gasteiger partial charge in [0.1, 0.15) is 12.4 Å². The Morgan fingerprint density at radius 1 is 1.14 bits per heavy atom. The van der Waals surface area contributed by atoms with Gasteiger partial charge in [0.2, 0.25) is 0 Å². The van der Waals surface area contributed by atoms with Gasteiger partial charge in [0, 0.05) is 27.2 Å². The number of para-hydroxylation sites is 1. The summed E-state index contributed by atoms with van der Waals surface area (Å²) in [5, 5.41) is 4.56. The van der Waals surface area contributed by atoms with Crippen LogP contribution in [0.25, 0.3) is 0 Å². The highest BCUT2D eigenvalue weighted by atomic mass is 35.5. The lowest BCUT2D eigenvalue weighted by atomic mass is 10.0. The van der Waals surface area contributed by atoms with E-state index in [0.717, 1.165) is 23.3 Å². The molecule has 0 aliphatic heterocycles. The van der Waals surface area contributed by atoms with Crippen LogP contribution in [0.1, 0.15) is 30.5 Å². The standard InChI is InChI=1S/C17H19Cl2NO/c1-3-16(20-2)14-6-4-5-7-17(14)21-11-12-8-9-13(18)10-15(12)19/h4-10,16,20H,3,11H2,1-2H3. The molecule has 0 radical (unpaired) electrons. The van der Waals surface area contributed by atoms with Crippen LogP contribution in [0.3, 0.4) is 0 Å². The number of hydrogen-bond donors (Lipinski definition) is 1. The van der Waals surface area contributed by atoms with Gasteiger partial charge in [0.05, 0.1) is 0 Å². The molecule has 0 heterocycles. The summed E-state index contributed by atoms with van der Waals surface area (Å²) in [6, 6.07) is 13.8. The summed E-state index contributed by atoms with van der Waals surface area (Å²) < 4.78 is 5.96. The third kappa shape index (κ3) is 4.13. The highest BCUT2D eigenvalue weighted by Crippen LogP contribution is 2.28. The fraction of sp³-hybridized carbons (Fsp3) is 0.294. The Morgan fingerprint density at radius 2 is 1.90 bits per heavy atom. The van der Waals surface area contributed by atoms with Crippen molar-refractivity contribution in [1.82, 2.24) is 5.32 Å². The normalized spacial score (nSPS) is 12.2. The maximum Gasteiger partial charge on any atom is 0.124 e. The predicted molar refractivity (Wildman–Crippen MR) is 89.3 cm³/mol. The topological polar surface area (TPSA) is 21.3 Å². The van der Waals surface area contributed by atoms with Gasteiger partial charge in [-0.05, 0) is 31.7 Å². The number of ether oxygens (including phenoxy) is 1. The first-order valence-corrected chi connectivity index (χ1v) is 7.74. The summed E-state index contributed by atoms with van der Waals surface area (Å²) in [6.07, 6.45) is 0.999. The lowest BCUT2D eigenvalue weighted by Gasteiger charge is -2.19. The lowest BCUT2D eigenvalue weighted by Crippen LogP contribution is -2.16. The lowest BCUT2D eigenvalue weighted by molar-refractivity contribution is 0.299. The molecule has 2 nitrogen and oxygen atoms in total.